The summed E-state index contributed by atoms with van der Waals surface area (Å²) in [5, 5.41) is 3.41. The van der Waals surface area contributed by atoms with Crippen LogP contribution in [0.25, 0.3) is 0 Å². The molecule has 0 aromatic heterocycles. The zero-order chi connectivity index (χ0) is 18.1. The van der Waals surface area contributed by atoms with Gasteiger partial charge in [0.2, 0.25) is 0 Å². The number of hydrogen-bond donors (Lipinski definition) is 1. The number of nitrogens with zero attached hydrogens (tertiary/aromatic N) is 2. The lowest BCUT2D eigenvalue weighted by atomic mass is 10.1. The van der Waals surface area contributed by atoms with Crippen molar-refractivity contribution in [3.05, 3.63) is 59.7 Å². The fraction of sp³-hybridized carbons (Fsp3) is 0.350. The highest BCUT2D eigenvalue weighted by atomic mass is 127. The minimum absolute atomic E-state index is 0. The van der Waals surface area contributed by atoms with Crippen molar-refractivity contribution in [2.45, 2.75) is 13.0 Å². The van der Waals surface area contributed by atoms with Gasteiger partial charge in [-0.05, 0) is 24.1 Å². The first-order valence-corrected chi connectivity index (χ1v) is 8.35. The maximum atomic E-state index is 5.42. The minimum atomic E-state index is 0. The van der Waals surface area contributed by atoms with Gasteiger partial charge in [-0.25, -0.2) is 0 Å². The molecule has 0 saturated carbocycles. The third-order valence-corrected chi connectivity index (χ3v) is 4.04. The highest BCUT2D eigenvalue weighted by Crippen LogP contribution is 2.19. The maximum Gasteiger partial charge on any atom is 0.193 e. The summed E-state index contributed by atoms with van der Waals surface area (Å²) in [4.78, 5) is 6.46. The summed E-state index contributed by atoms with van der Waals surface area (Å²) in [6.07, 6.45) is 0.867. The van der Waals surface area contributed by atoms with Crippen LogP contribution in [0, 0.1) is 0 Å². The van der Waals surface area contributed by atoms with Crippen LogP contribution in [0.15, 0.2) is 53.5 Å². The molecule has 0 bridgehead atoms. The molecule has 0 unspecified atom stereocenters. The SMILES string of the molecule is CN=C(NCCc1ccccc1OC)N(C)Cc1ccccc1OC.I. The number of nitrogens with one attached hydrogen (secondary N) is 1. The molecular weight excluding hydrogens is 441 g/mol. The topological polar surface area (TPSA) is 46.1 Å². The molecular formula is C20H28IN3O2. The van der Waals surface area contributed by atoms with E-state index in [0.29, 0.717) is 0 Å². The van der Waals surface area contributed by atoms with E-state index in [-0.39, 0.29) is 24.0 Å². The Morgan fingerprint density at radius 2 is 1.50 bits per heavy atom. The molecule has 2 aromatic carbocycles. The van der Waals surface area contributed by atoms with Gasteiger partial charge in [-0.1, -0.05) is 36.4 Å². The second-order valence-electron chi connectivity index (χ2n) is 5.70. The molecule has 0 spiro atoms. The van der Waals surface area contributed by atoms with Crippen molar-refractivity contribution < 1.29 is 9.47 Å². The van der Waals surface area contributed by atoms with E-state index < -0.39 is 0 Å². The molecule has 0 fully saturated rings. The van der Waals surface area contributed by atoms with Gasteiger partial charge in [-0.3, -0.25) is 4.99 Å². The number of para-hydroxylation sites is 2. The summed E-state index contributed by atoms with van der Waals surface area (Å²) in [6, 6.07) is 16.1. The zero-order valence-electron chi connectivity index (χ0n) is 15.9. The lowest BCUT2D eigenvalue weighted by molar-refractivity contribution is 0.396. The molecule has 2 rings (SSSR count). The lowest BCUT2D eigenvalue weighted by Crippen LogP contribution is -2.39. The molecule has 5 nitrogen and oxygen atoms in total. The molecule has 1 N–H and O–H groups in total. The quantitative estimate of drug-likeness (QED) is 0.383. The Balaban J connectivity index is 0.00000338. The van der Waals surface area contributed by atoms with Crippen LogP contribution in [-0.2, 0) is 13.0 Å². The van der Waals surface area contributed by atoms with Crippen molar-refractivity contribution in [3.8, 4) is 11.5 Å². The second-order valence-corrected chi connectivity index (χ2v) is 5.70. The average molecular weight is 469 g/mol. The molecule has 142 valence electrons. The number of guanidine groups is 1. The van der Waals surface area contributed by atoms with Crippen LogP contribution in [-0.4, -0.2) is 45.7 Å². The molecule has 26 heavy (non-hydrogen) atoms. The Morgan fingerprint density at radius 1 is 0.962 bits per heavy atom. The summed E-state index contributed by atoms with van der Waals surface area (Å²) in [7, 11) is 7.21. The van der Waals surface area contributed by atoms with Crippen LogP contribution in [0.2, 0.25) is 0 Å². The summed E-state index contributed by atoms with van der Waals surface area (Å²) in [6.45, 7) is 1.50. The largest absolute Gasteiger partial charge is 0.496 e. The molecule has 0 saturated heterocycles. The number of ether oxygens (including phenoxy) is 2. The molecule has 0 amide bonds. The summed E-state index contributed by atoms with van der Waals surface area (Å²) in [5.41, 5.74) is 2.31. The van der Waals surface area contributed by atoms with Gasteiger partial charge in [0.15, 0.2) is 5.96 Å². The molecule has 0 aliphatic carbocycles. The standard InChI is InChI=1S/C20H27N3O2.HI/c1-21-20(22-14-13-16-9-5-7-11-18(16)24-3)23(2)15-17-10-6-8-12-19(17)25-4;/h5-12H,13-15H2,1-4H3,(H,21,22);1H. The van der Waals surface area contributed by atoms with E-state index in [1.165, 1.54) is 5.56 Å². The predicted octanol–water partition coefficient (Wildman–Crippen LogP) is 3.57. The van der Waals surface area contributed by atoms with Crippen molar-refractivity contribution in [1.82, 2.24) is 10.2 Å². The van der Waals surface area contributed by atoms with Crippen molar-refractivity contribution >= 4 is 29.9 Å². The van der Waals surface area contributed by atoms with Gasteiger partial charge in [-0.2, -0.15) is 0 Å². The van der Waals surface area contributed by atoms with Gasteiger partial charge >= 0.3 is 0 Å². The Kier molecular flexibility index (Phi) is 9.87. The molecule has 0 atom stereocenters. The van der Waals surface area contributed by atoms with Crippen LogP contribution < -0.4 is 14.8 Å². The smallest absolute Gasteiger partial charge is 0.193 e. The monoisotopic (exact) mass is 469 g/mol. The number of methoxy groups -OCH3 is 2. The first-order valence-electron chi connectivity index (χ1n) is 8.35. The highest BCUT2D eigenvalue weighted by molar-refractivity contribution is 14.0. The van der Waals surface area contributed by atoms with Crippen LogP contribution in [0.1, 0.15) is 11.1 Å². The van der Waals surface area contributed by atoms with E-state index in [0.717, 1.165) is 42.5 Å². The average Bonchev–Trinajstić information content (AvgIpc) is 2.65. The minimum Gasteiger partial charge on any atom is -0.496 e. The molecule has 0 aliphatic heterocycles. The zero-order valence-corrected chi connectivity index (χ0v) is 18.2. The van der Waals surface area contributed by atoms with Gasteiger partial charge in [0.1, 0.15) is 11.5 Å². The molecule has 0 aliphatic rings. The van der Waals surface area contributed by atoms with Gasteiger partial charge in [0.25, 0.3) is 0 Å². The Morgan fingerprint density at radius 3 is 2.08 bits per heavy atom. The molecule has 0 radical (unpaired) electrons. The van der Waals surface area contributed by atoms with Gasteiger partial charge in [-0.15, -0.1) is 24.0 Å². The van der Waals surface area contributed by atoms with E-state index in [1.807, 2.05) is 43.4 Å². The third-order valence-electron chi connectivity index (χ3n) is 4.04. The van der Waals surface area contributed by atoms with Crippen LogP contribution in [0.3, 0.4) is 0 Å². The number of benzene rings is 2. The van der Waals surface area contributed by atoms with E-state index >= 15 is 0 Å². The Hall–Kier alpha value is -1.96. The van der Waals surface area contributed by atoms with Gasteiger partial charge in [0.05, 0.1) is 14.2 Å². The summed E-state index contributed by atoms with van der Waals surface area (Å²) < 4.78 is 10.8. The fourth-order valence-electron chi connectivity index (χ4n) is 2.77. The van der Waals surface area contributed by atoms with Crippen molar-refractivity contribution in [1.29, 1.82) is 0 Å². The normalized spacial score (nSPS) is 10.7. The first-order chi connectivity index (χ1) is 12.2. The molecule has 0 heterocycles. The third kappa shape index (κ3) is 6.09. The molecule has 2 aromatic rings. The van der Waals surface area contributed by atoms with Crippen LogP contribution in [0.5, 0.6) is 11.5 Å². The number of aliphatic imine (C=N–C) groups is 1. The number of hydrogen-bond acceptors (Lipinski definition) is 3. The van der Waals surface area contributed by atoms with E-state index in [4.69, 9.17) is 9.47 Å². The summed E-state index contributed by atoms with van der Waals surface area (Å²) >= 11 is 0. The number of halogens is 1. The van der Waals surface area contributed by atoms with Crippen molar-refractivity contribution in [3.63, 3.8) is 0 Å². The van der Waals surface area contributed by atoms with Crippen molar-refractivity contribution in [2.24, 2.45) is 4.99 Å². The van der Waals surface area contributed by atoms with Gasteiger partial charge in [0, 0.05) is 32.7 Å². The van der Waals surface area contributed by atoms with Gasteiger partial charge < -0.3 is 19.7 Å². The highest BCUT2D eigenvalue weighted by Gasteiger charge is 2.10. The van der Waals surface area contributed by atoms with Crippen LogP contribution in [0.4, 0.5) is 0 Å². The molecule has 6 heteroatoms. The fourth-order valence-corrected chi connectivity index (χ4v) is 2.77. The number of rotatable bonds is 7. The second kappa shape index (κ2) is 11.6. The summed E-state index contributed by atoms with van der Waals surface area (Å²) in [5.74, 6) is 2.65. The lowest BCUT2D eigenvalue weighted by Gasteiger charge is -2.23. The maximum absolute atomic E-state index is 5.42. The first kappa shape index (κ1) is 22.1. The Labute approximate surface area is 173 Å². The Bertz CT molecular complexity index is 707. The van der Waals surface area contributed by atoms with Crippen LogP contribution >= 0.6 is 24.0 Å². The van der Waals surface area contributed by atoms with Crippen molar-refractivity contribution in [2.75, 3.05) is 34.9 Å². The predicted molar refractivity (Wildman–Crippen MR) is 118 cm³/mol. The van der Waals surface area contributed by atoms with E-state index in [2.05, 4.69) is 27.3 Å². The van der Waals surface area contributed by atoms with E-state index in [1.54, 1.807) is 21.3 Å². The van der Waals surface area contributed by atoms with E-state index in [9.17, 15) is 0 Å².